The molecule has 1 saturated heterocycles. The number of aromatic nitrogens is 3. The zero-order valence-electron chi connectivity index (χ0n) is 17.6. The lowest BCUT2D eigenvalue weighted by Crippen LogP contribution is -2.40. The van der Waals surface area contributed by atoms with Crippen molar-refractivity contribution in [3.05, 3.63) is 69.2 Å². The summed E-state index contributed by atoms with van der Waals surface area (Å²) in [5.41, 5.74) is 9.39. The summed E-state index contributed by atoms with van der Waals surface area (Å²) in [5, 5.41) is 9.62. The lowest BCUT2D eigenvalue weighted by Gasteiger charge is -2.30. The van der Waals surface area contributed by atoms with Crippen LogP contribution in [0.1, 0.15) is 35.3 Å². The topological polar surface area (TPSA) is 69.2 Å². The van der Waals surface area contributed by atoms with Gasteiger partial charge in [0.25, 0.3) is 0 Å². The number of nitrogens with two attached hydrogens (primary N) is 1. The van der Waals surface area contributed by atoms with Gasteiger partial charge in [0.15, 0.2) is 0 Å². The van der Waals surface area contributed by atoms with Crippen LogP contribution in [0.2, 0.25) is 10.0 Å². The Morgan fingerprint density at radius 1 is 1.06 bits per heavy atom. The molecule has 5 rings (SSSR count). The Balaban J connectivity index is 1.46. The van der Waals surface area contributed by atoms with E-state index < -0.39 is 0 Å². The minimum atomic E-state index is -0.152. The molecule has 2 aliphatic rings. The van der Waals surface area contributed by atoms with Crippen molar-refractivity contribution in [2.24, 2.45) is 5.73 Å². The van der Waals surface area contributed by atoms with Crippen LogP contribution in [0.25, 0.3) is 5.69 Å². The van der Waals surface area contributed by atoms with Gasteiger partial charge >= 0.3 is 0 Å². The van der Waals surface area contributed by atoms with E-state index >= 15 is 0 Å². The maximum atomic E-state index is 6.56. The molecule has 31 heavy (non-hydrogen) atoms. The summed E-state index contributed by atoms with van der Waals surface area (Å²) in [7, 11) is 0. The van der Waals surface area contributed by atoms with Crippen LogP contribution in [0, 0.1) is 13.8 Å². The van der Waals surface area contributed by atoms with Gasteiger partial charge in [0.1, 0.15) is 23.5 Å². The minimum Gasteiger partial charge on any atom is -0.484 e. The average molecular weight is 458 g/mol. The number of hydrogen-bond acceptors (Lipinski definition) is 5. The number of fused-ring (bicyclic) bond motifs is 1. The van der Waals surface area contributed by atoms with E-state index in [1.807, 2.05) is 54.8 Å². The lowest BCUT2D eigenvalue weighted by atomic mass is 10.1. The molecule has 0 unspecified atom stereocenters. The van der Waals surface area contributed by atoms with E-state index in [0.717, 1.165) is 60.1 Å². The van der Waals surface area contributed by atoms with Crippen LogP contribution in [0.3, 0.4) is 0 Å². The van der Waals surface area contributed by atoms with Crippen molar-refractivity contribution in [1.29, 1.82) is 0 Å². The fourth-order valence-corrected chi connectivity index (χ4v) is 5.44. The molecule has 0 amide bonds. The van der Waals surface area contributed by atoms with Gasteiger partial charge in [-0.1, -0.05) is 23.2 Å². The number of nitrogens with zero attached hydrogens (tertiary/aromatic N) is 4. The highest BCUT2D eigenvalue weighted by molar-refractivity contribution is 6.35. The molecule has 162 valence electrons. The Morgan fingerprint density at radius 2 is 1.77 bits per heavy atom. The Hall–Kier alpha value is -2.12. The Kier molecular flexibility index (Phi) is 5.42. The number of hydrogen-bond donors (Lipinski definition) is 1. The summed E-state index contributed by atoms with van der Waals surface area (Å²) in [6.45, 7) is 5.72. The highest BCUT2D eigenvalue weighted by Gasteiger charge is 2.41. The highest BCUT2D eigenvalue weighted by Crippen LogP contribution is 2.43. The molecule has 2 aromatic carbocycles. The van der Waals surface area contributed by atoms with Gasteiger partial charge < -0.3 is 10.5 Å². The molecule has 3 atom stereocenters. The van der Waals surface area contributed by atoms with Crippen molar-refractivity contribution in [3.63, 3.8) is 0 Å². The SMILES string of the molecule is Cc1nnc(C)n1-c1ccc(O[C@H]2c3cc(Cl)cc(Cl)c3C[C@@H]2N2CC[C@H](N)C2)cc1. The molecule has 1 aliphatic heterocycles. The summed E-state index contributed by atoms with van der Waals surface area (Å²) in [6.07, 6.45) is 1.68. The molecule has 0 bridgehead atoms. The zero-order chi connectivity index (χ0) is 21.7. The van der Waals surface area contributed by atoms with E-state index in [1.165, 1.54) is 0 Å². The first-order chi connectivity index (χ1) is 14.9. The van der Waals surface area contributed by atoms with Gasteiger partial charge in [0.05, 0.1) is 6.04 Å². The average Bonchev–Trinajstić information content (AvgIpc) is 3.41. The zero-order valence-corrected chi connectivity index (χ0v) is 19.1. The molecule has 2 N–H and O–H groups in total. The van der Waals surface area contributed by atoms with Gasteiger partial charge in [0, 0.05) is 40.4 Å². The maximum Gasteiger partial charge on any atom is 0.140 e. The van der Waals surface area contributed by atoms with E-state index in [0.29, 0.717) is 10.0 Å². The van der Waals surface area contributed by atoms with Crippen molar-refractivity contribution in [2.45, 2.75) is 44.9 Å². The number of likely N-dealkylation sites (tertiary alicyclic amines) is 1. The van der Waals surface area contributed by atoms with Gasteiger partial charge in [-0.05, 0) is 68.7 Å². The molecule has 1 fully saturated rings. The molecular weight excluding hydrogens is 433 g/mol. The van der Waals surface area contributed by atoms with Gasteiger partial charge in [0.2, 0.25) is 0 Å². The van der Waals surface area contributed by atoms with E-state index in [1.54, 1.807) is 0 Å². The normalized spacial score (nSPS) is 23.3. The third-order valence-corrected chi connectivity index (χ3v) is 6.89. The van der Waals surface area contributed by atoms with Gasteiger partial charge in [-0.25, -0.2) is 0 Å². The predicted octanol–water partition coefficient (Wildman–Crippen LogP) is 4.27. The number of rotatable bonds is 4. The molecule has 0 spiro atoms. The van der Waals surface area contributed by atoms with Crippen molar-refractivity contribution in [2.75, 3.05) is 13.1 Å². The lowest BCUT2D eigenvalue weighted by molar-refractivity contribution is 0.0933. The number of aryl methyl sites for hydroxylation is 2. The van der Waals surface area contributed by atoms with Crippen LogP contribution in [-0.2, 0) is 6.42 Å². The largest absolute Gasteiger partial charge is 0.484 e. The first-order valence-electron chi connectivity index (χ1n) is 10.5. The number of halogens is 2. The summed E-state index contributed by atoms with van der Waals surface area (Å²) >= 11 is 12.9. The van der Waals surface area contributed by atoms with Crippen LogP contribution < -0.4 is 10.5 Å². The Morgan fingerprint density at radius 3 is 2.42 bits per heavy atom. The predicted molar refractivity (Wildman–Crippen MR) is 122 cm³/mol. The number of ether oxygens (including phenoxy) is 1. The second-order valence-electron chi connectivity index (χ2n) is 8.43. The third kappa shape index (κ3) is 3.82. The van der Waals surface area contributed by atoms with Gasteiger partial charge in [-0.2, -0.15) is 0 Å². The fourth-order valence-electron chi connectivity index (χ4n) is 4.86. The molecule has 6 nitrogen and oxygen atoms in total. The van der Waals surface area contributed by atoms with E-state index in [2.05, 4.69) is 15.1 Å². The molecular formula is C23H25Cl2N5O. The minimum absolute atomic E-state index is 0.152. The quantitative estimate of drug-likeness (QED) is 0.633. The molecule has 1 aliphatic carbocycles. The van der Waals surface area contributed by atoms with Crippen LogP contribution in [0.5, 0.6) is 5.75 Å². The fraction of sp³-hybridized carbons (Fsp3) is 0.391. The molecule has 0 saturated carbocycles. The summed E-state index contributed by atoms with van der Waals surface area (Å²) < 4.78 is 8.58. The Labute approximate surface area is 191 Å². The third-order valence-electron chi connectivity index (χ3n) is 6.33. The van der Waals surface area contributed by atoms with Crippen LogP contribution in [-0.4, -0.2) is 44.8 Å². The smallest absolute Gasteiger partial charge is 0.140 e. The second-order valence-corrected chi connectivity index (χ2v) is 9.28. The monoisotopic (exact) mass is 457 g/mol. The van der Waals surface area contributed by atoms with Crippen molar-refractivity contribution in [1.82, 2.24) is 19.7 Å². The number of benzene rings is 2. The van der Waals surface area contributed by atoms with E-state index in [4.69, 9.17) is 33.7 Å². The summed E-state index contributed by atoms with van der Waals surface area (Å²) in [5.74, 6) is 2.51. The van der Waals surface area contributed by atoms with E-state index in [-0.39, 0.29) is 18.2 Å². The van der Waals surface area contributed by atoms with Crippen LogP contribution in [0.4, 0.5) is 0 Å². The highest BCUT2D eigenvalue weighted by atomic mass is 35.5. The Bertz CT molecular complexity index is 1090. The first-order valence-corrected chi connectivity index (χ1v) is 11.3. The summed E-state index contributed by atoms with van der Waals surface area (Å²) in [4.78, 5) is 2.43. The second kappa shape index (κ2) is 8.10. The molecule has 1 aromatic heterocycles. The summed E-state index contributed by atoms with van der Waals surface area (Å²) in [6, 6.07) is 12.2. The van der Waals surface area contributed by atoms with Crippen molar-refractivity contribution >= 4 is 23.2 Å². The molecule has 3 aromatic rings. The molecule has 2 heterocycles. The maximum absolute atomic E-state index is 6.56. The van der Waals surface area contributed by atoms with Crippen LogP contribution >= 0.6 is 23.2 Å². The van der Waals surface area contributed by atoms with Gasteiger partial charge in [-0.15, -0.1) is 10.2 Å². The van der Waals surface area contributed by atoms with Crippen molar-refractivity contribution in [3.8, 4) is 11.4 Å². The standard InChI is InChI=1S/C23H25Cl2N5O/c1-13-27-28-14(2)30(13)17-3-5-18(6-4-17)31-23-20-9-15(24)10-21(25)19(20)11-22(23)29-8-7-16(26)12-29/h3-6,9-10,16,22-23H,7-8,11-12,26H2,1-2H3/t16-,22-,23-/m0/s1. The molecule has 0 radical (unpaired) electrons. The van der Waals surface area contributed by atoms with Crippen molar-refractivity contribution < 1.29 is 4.74 Å². The van der Waals surface area contributed by atoms with E-state index in [9.17, 15) is 0 Å². The molecule has 8 heteroatoms. The first kappa shape index (κ1) is 20.8. The van der Waals surface area contributed by atoms with Gasteiger partial charge in [-0.3, -0.25) is 9.47 Å². The van der Waals surface area contributed by atoms with Crippen LogP contribution in [0.15, 0.2) is 36.4 Å².